The SMILES string of the molecule is Cc1nc(-c2cccc(NC(=O)N[C@@H]3c4ccccc4C[C@@H]3O)c2)no1. The average Bonchev–Trinajstić information content (AvgIpc) is 3.19. The number of hydrogen-bond acceptors (Lipinski definition) is 5. The molecule has 1 heterocycles. The maximum absolute atomic E-state index is 12.4. The number of aryl methyl sites for hydroxylation is 1. The van der Waals surface area contributed by atoms with Crippen LogP contribution in [0.3, 0.4) is 0 Å². The van der Waals surface area contributed by atoms with E-state index < -0.39 is 12.1 Å². The second-order valence-electron chi connectivity index (χ2n) is 6.26. The van der Waals surface area contributed by atoms with Crippen molar-refractivity contribution < 1.29 is 14.4 Å². The Balaban J connectivity index is 1.47. The van der Waals surface area contributed by atoms with Crippen molar-refractivity contribution >= 4 is 11.7 Å². The van der Waals surface area contributed by atoms with E-state index >= 15 is 0 Å². The highest BCUT2D eigenvalue weighted by atomic mass is 16.5. The minimum atomic E-state index is -0.633. The summed E-state index contributed by atoms with van der Waals surface area (Å²) in [7, 11) is 0. The number of amides is 2. The number of fused-ring (bicyclic) bond motifs is 1. The van der Waals surface area contributed by atoms with Gasteiger partial charge in [-0.25, -0.2) is 4.79 Å². The van der Waals surface area contributed by atoms with Gasteiger partial charge in [0.05, 0.1) is 12.1 Å². The molecule has 4 rings (SSSR count). The smallest absolute Gasteiger partial charge is 0.319 e. The van der Waals surface area contributed by atoms with Gasteiger partial charge in [0.1, 0.15) is 0 Å². The largest absolute Gasteiger partial charge is 0.390 e. The van der Waals surface area contributed by atoms with Crippen molar-refractivity contribution in [3.05, 3.63) is 65.5 Å². The molecule has 3 N–H and O–H groups in total. The maximum Gasteiger partial charge on any atom is 0.319 e. The third-order valence-corrected chi connectivity index (χ3v) is 4.40. The van der Waals surface area contributed by atoms with E-state index in [0.29, 0.717) is 23.8 Å². The van der Waals surface area contributed by atoms with Crippen LogP contribution in [0.5, 0.6) is 0 Å². The van der Waals surface area contributed by atoms with E-state index in [1.807, 2.05) is 30.3 Å². The topological polar surface area (TPSA) is 100 Å². The highest BCUT2D eigenvalue weighted by Crippen LogP contribution is 2.31. The predicted octanol–water partition coefficient (Wildman–Crippen LogP) is 2.82. The first-order valence-corrected chi connectivity index (χ1v) is 8.34. The summed E-state index contributed by atoms with van der Waals surface area (Å²) in [6.45, 7) is 1.72. The molecule has 0 radical (unpaired) electrons. The zero-order valence-corrected chi connectivity index (χ0v) is 14.1. The molecule has 0 spiro atoms. The van der Waals surface area contributed by atoms with Crippen LogP contribution in [0.2, 0.25) is 0 Å². The van der Waals surface area contributed by atoms with Gasteiger partial charge in [0.25, 0.3) is 0 Å². The van der Waals surface area contributed by atoms with Crippen LogP contribution >= 0.6 is 0 Å². The molecular formula is C19H18N4O3. The fourth-order valence-corrected chi connectivity index (χ4v) is 3.21. The zero-order valence-electron chi connectivity index (χ0n) is 14.1. The van der Waals surface area contributed by atoms with Crippen LogP contribution in [-0.2, 0) is 6.42 Å². The van der Waals surface area contributed by atoms with Gasteiger partial charge in [0.2, 0.25) is 11.7 Å². The third-order valence-electron chi connectivity index (χ3n) is 4.40. The summed E-state index contributed by atoms with van der Waals surface area (Å²) in [6, 6.07) is 14.1. The van der Waals surface area contributed by atoms with Gasteiger partial charge in [-0.1, -0.05) is 41.6 Å². The Labute approximate surface area is 150 Å². The van der Waals surface area contributed by atoms with Crippen LogP contribution in [0.15, 0.2) is 53.1 Å². The van der Waals surface area contributed by atoms with Crippen LogP contribution in [0, 0.1) is 6.92 Å². The quantitative estimate of drug-likeness (QED) is 0.674. The molecule has 7 nitrogen and oxygen atoms in total. The Morgan fingerprint density at radius 2 is 2.08 bits per heavy atom. The average molecular weight is 350 g/mol. The lowest BCUT2D eigenvalue weighted by Gasteiger charge is -2.18. The van der Waals surface area contributed by atoms with Gasteiger partial charge < -0.3 is 20.3 Å². The summed E-state index contributed by atoms with van der Waals surface area (Å²) in [4.78, 5) is 16.6. The van der Waals surface area contributed by atoms with Crippen molar-refractivity contribution in [2.45, 2.75) is 25.5 Å². The number of nitrogens with zero attached hydrogens (tertiary/aromatic N) is 2. The summed E-state index contributed by atoms with van der Waals surface area (Å²) in [5.74, 6) is 0.941. The van der Waals surface area contributed by atoms with Crippen molar-refractivity contribution in [3.8, 4) is 11.4 Å². The molecule has 132 valence electrons. The number of aliphatic hydroxyl groups is 1. The van der Waals surface area contributed by atoms with E-state index in [9.17, 15) is 9.90 Å². The van der Waals surface area contributed by atoms with Crippen molar-refractivity contribution in [3.63, 3.8) is 0 Å². The Morgan fingerprint density at radius 3 is 2.88 bits per heavy atom. The number of carbonyl (C=O) groups excluding carboxylic acids is 1. The van der Waals surface area contributed by atoms with Crippen LogP contribution in [-0.4, -0.2) is 27.4 Å². The highest BCUT2D eigenvalue weighted by Gasteiger charge is 2.31. The van der Waals surface area contributed by atoms with E-state index in [4.69, 9.17) is 4.52 Å². The Bertz CT molecular complexity index is 953. The first-order valence-electron chi connectivity index (χ1n) is 8.34. The molecule has 0 fully saturated rings. The van der Waals surface area contributed by atoms with Crippen LogP contribution < -0.4 is 10.6 Å². The number of benzene rings is 2. The van der Waals surface area contributed by atoms with Gasteiger partial charge >= 0.3 is 6.03 Å². The van der Waals surface area contributed by atoms with Crippen molar-refractivity contribution in [1.29, 1.82) is 0 Å². The molecule has 0 unspecified atom stereocenters. The summed E-state index contributed by atoms with van der Waals surface area (Å²) in [5, 5.41) is 19.8. The third kappa shape index (κ3) is 3.16. The second kappa shape index (κ2) is 6.61. The fraction of sp³-hybridized carbons (Fsp3) is 0.211. The number of nitrogens with one attached hydrogen (secondary N) is 2. The van der Waals surface area contributed by atoms with E-state index in [1.54, 1.807) is 25.1 Å². The van der Waals surface area contributed by atoms with Crippen LogP contribution in [0.25, 0.3) is 11.4 Å². The van der Waals surface area contributed by atoms with Crippen LogP contribution in [0.4, 0.5) is 10.5 Å². The number of aliphatic hydroxyl groups excluding tert-OH is 1. The molecule has 7 heteroatoms. The first kappa shape index (κ1) is 16.3. The number of anilines is 1. The van der Waals surface area contributed by atoms with Crippen molar-refractivity contribution in [2.24, 2.45) is 0 Å². The minimum absolute atomic E-state index is 0.382. The molecule has 2 aromatic carbocycles. The summed E-state index contributed by atoms with van der Waals surface area (Å²) < 4.78 is 4.99. The normalized spacial score (nSPS) is 18.4. The van der Waals surface area contributed by atoms with E-state index in [1.165, 1.54) is 0 Å². The first-order chi connectivity index (χ1) is 12.6. The monoisotopic (exact) mass is 350 g/mol. The van der Waals surface area contributed by atoms with Crippen molar-refractivity contribution in [1.82, 2.24) is 15.5 Å². The molecule has 2 amide bonds. The highest BCUT2D eigenvalue weighted by molar-refractivity contribution is 5.90. The predicted molar refractivity (Wildman–Crippen MR) is 95.5 cm³/mol. The lowest BCUT2D eigenvalue weighted by Crippen LogP contribution is -2.36. The summed E-state index contributed by atoms with van der Waals surface area (Å²) in [6.07, 6.45) is -0.0971. The number of rotatable bonds is 3. The molecule has 1 aliphatic rings. The molecule has 3 aromatic rings. The second-order valence-corrected chi connectivity index (χ2v) is 6.26. The Hall–Kier alpha value is -3.19. The van der Waals surface area contributed by atoms with Gasteiger partial charge in [-0.2, -0.15) is 4.98 Å². The number of carbonyl (C=O) groups is 1. The minimum Gasteiger partial charge on any atom is -0.390 e. The van der Waals surface area contributed by atoms with E-state index in [2.05, 4.69) is 20.8 Å². The van der Waals surface area contributed by atoms with E-state index in [0.717, 1.165) is 16.7 Å². The van der Waals surface area contributed by atoms with Gasteiger partial charge in [0, 0.05) is 24.6 Å². The Morgan fingerprint density at radius 1 is 1.23 bits per heavy atom. The van der Waals surface area contributed by atoms with E-state index in [-0.39, 0.29) is 6.03 Å². The van der Waals surface area contributed by atoms with Crippen LogP contribution in [0.1, 0.15) is 23.1 Å². The summed E-state index contributed by atoms with van der Waals surface area (Å²) in [5.41, 5.74) is 3.35. The van der Waals surface area contributed by atoms with Gasteiger partial charge in [-0.3, -0.25) is 0 Å². The molecule has 0 bridgehead atoms. The molecule has 26 heavy (non-hydrogen) atoms. The zero-order chi connectivity index (χ0) is 18.1. The van der Waals surface area contributed by atoms with Crippen molar-refractivity contribution in [2.75, 3.05) is 5.32 Å². The van der Waals surface area contributed by atoms with Gasteiger partial charge in [-0.05, 0) is 23.3 Å². The fourth-order valence-electron chi connectivity index (χ4n) is 3.21. The van der Waals surface area contributed by atoms with Gasteiger partial charge in [-0.15, -0.1) is 0 Å². The molecule has 0 saturated heterocycles. The standard InChI is InChI=1S/C19H18N4O3/c1-11-20-18(23-26-11)13-6-4-7-14(9-13)21-19(25)22-17-15-8-3-2-5-12(15)10-16(17)24/h2-9,16-17,24H,10H2,1H3,(H2,21,22,25)/t16-,17+/m0/s1. The lowest BCUT2D eigenvalue weighted by molar-refractivity contribution is 0.144. The molecule has 0 aliphatic heterocycles. The lowest BCUT2D eigenvalue weighted by atomic mass is 10.1. The molecule has 1 aromatic heterocycles. The maximum atomic E-state index is 12.4. The number of aromatic nitrogens is 2. The molecule has 2 atom stereocenters. The summed E-state index contributed by atoms with van der Waals surface area (Å²) >= 11 is 0. The Kier molecular flexibility index (Phi) is 4.14. The molecule has 1 aliphatic carbocycles. The van der Waals surface area contributed by atoms with Gasteiger partial charge in [0.15, 0.2) is 0 Å². The molecule has 0 saturated carbocycles. The number of urea groups is 1. The molecular weight excluding hydrogens is 332 g/mol. The number of hydrogen-bond donors (Lipinski definition) is 3.